The van der Waals surface area contributed by atoms with Crippen LogP contribution in [0.25, 0.3) is 0 Å². The van der Waals surface area contributed by atoms with E-state index in [-0.39, 0.29) is 35.4 Å². The fourth-order valence-electron chi connectivity index (χ4n) is 8.24. The molecule has 0 bridgehead atoms. The third-order valence-corrected chi connectivity index (χ3v) is 11.1. The molecule has 0 saturated heterocycles. The van der Waals surface area contributed by atoms with E-state index in [0.29, 0.717) is 30.8 Å². The van der Waals surface area contributed by atoms with Gasteiger partial charge in [0, 0.05) is 17.9 Å². The summed E-state index contributed by atoms with van der Waals surface area (Å²) in [6.07, 6.45) is 12.1. The Morgan fingerprint density at radius 2 is 1.83 bits per heavy atom. The molecule has 4 rings (SSSR count). The van der Waals surface area contributed by atoms with Crippen LogP contribution in [0.3, 0.4) is 0 Å². The Hall–Kier alpha value is -0.920. The number of sulfonamides is 1. The summed E-state index contributed by atoms with van der Waals surface area (Å²) in [7, 11) is -3.22. The van der Waals surface area contributed by atoms with Crippen molar-refractivity contribution in [1.29, 1.82) is 0 Å². The van der Waals surface area contributed by atoms with Gasteiger partial charge in [0.05, 0.1) is 24.9 Å². The van der Waals surface area contributed by atoms with Crippen LogP contribution in [0.15, 0.2) is 11.3 Å². The number of carbonyl (C=O) groups is 1. The monoisotopic (exact) mass is 523 g/mol. The highest BCUT2D eigenvalue weighted by Gasteiger charge is 2.59. The van der Waals surface area contributed by atoms with Crippen LogP contribution >= 0.6 is 0 Å². The molecular formula is C29H49NO5S. The number of nitrogens with one attached hydrogen (secondary N) is 1. The van der Waals surface area contributed by atoms with E-state index in [2.05, 4.69) is 39.3 Å². The lowest BCUT2D eigenvalue weighted by atomic mass is 9.54. The standard InChI is InChI=1S/C29H49NO5S/c1-19(2)8-7-9-20(3)22-10-11-23-26-24(13-15-28(22,23)4)29(5)14-12-21(18-25(29)27(31)35-26)34-17-16-30-36(6,32)33/h19-23,25,30H,7-18H2,1-6H3/t20-,21+,22-,23+,25-,28-,29-/m1/s1. The van der Waals surface area contributed by atoms with Gasteiger partial charge in [-0.05, 0) is 73.7 Å². The van der Waals surface area contributed by atoms with Gasteiger partial charge in [-0.3, -0.25) is 4.79 Å². The quantitative estimate of drug-likeness (QED) is 0.288. The molecule has 0 aromatic heterocycles. The van der Waals surface area contributed by atoms with Crippen molar-refractivity contribution in [3.8, 4) is 0 Å². The number of hydrogen-bond acceptors (Lipinski definition) is 5. The summed E-state index contributed by atoms with van der Waals surface area (Å²) in [5.41, 5.74) is 1.50. The average molecular weight is 524 g/mol. The Kier molecular flexibility index (Phi) is 8.34. The van der Waals surface area contributed by atoms with Gasteiger partial charge in [-0.1, -0.05) is 53.9 Å². The molecule has 0 amide bonds. The van der Waals surface area contributed by atoms with E-state index in [1.807, 2.05) is 0 Å². The number of rotatable bonds is 10. The predicted molar refractivity (Wildman–Crippen MR) is 143 cm³/mol. The Bertz CT molecular complexity index is 959. The van der Waals surface area contributed by atoms with Crippen LogP contribution in [0.5, 0.6) is 0 Å². The van der Waals surface area contributed by atoms with E-state index in [1.165, 1.54) is 37.7 Å². The van der Waals surface area contributed by atoms with Crippen molar-refractivity contribution >= 4 is 16.0 Å². The number of esters is 1. The lowest BCUT2D eigenvalue weighted by Crippen LogP contribution is -2.50. The van der Waals surface area contributed by atoms with Crippen molar-refractivity contribution in [3.63, 3.8) is 0 Å². The maximum atomic E-state index is 13.4. The van der Waals surface area contributed by atoms with Crippen molar-refractivity contribution in [3.05, 3.63) is 11.3 Å². The van der Waals surface area contributed by atoms with Gasteiger partial charge in [0.15, 0.2) is 0 Å². The highest BCUT2D eigenvalue weighted by atomic mass is 32.2. The van der Waals surface area contributed by atoms with Gasteiger partial charge in [-0.25, -0.2) is 13.1 Å². The molecule has 7 atom stereocenters. The first-order valence-corrected chi connectivity index (χ1v) is 16.3. The fourth-order valence-corrected chi connectivity index (χ4v) is 8.70. The van der Waals surface area contributed by atoms with Gasteiger partial charge in [0.1, 0.15) is 5.76 Å². The molecule has 3 aliphatic carbocycles. The molecule has 1 heterocycles. The molecule has 0 aromatic rings. The molecule has 1 N–H and O–H groups in total. The summed E-state index contributed by atoms with van der Waals surface area (Å²) < 4.78 is 37.3. The van der Waals surface area contributed by atoms with E-state index >= 15 is 0 Å². The topological polar surface area (TPSA) is 81.7 Å². The smallest absolute Gasteiger partial charge is 0.315 e. The molecule has 6 nitrogen and oxygen atoms in total. The first kappa shape index (κ1) is 28.1. The van der Waals surface area contributed by atoms with E-state index in [1.54, 1.807) is 0 Å². The summed E-state index contributed by atoms with van der Waals surface area (Å²) in [5.74, 6) is 3.36. The van der Waals surface area contributed by atoms with Gasteiger partial charge in [-0.2, -0.15) is 0 Å². The second-order valence-electron chi connectivity index (χ2n) is 13.2. The van der Waals surface area contributed by atoms with Crippen molar-refractivity contribution in [1.82, 2.24) is 4.72 Å². The summed E-state index contributed by atoms with van der Waals surface area (Å²) >= 11 is 0. The zero-order valence-electron chi connectivity index (χ0n) is 23.4. The molecular weight excluding hydrogens is 474 g/mol. The predicted octanol–water partition coefficient (Wildman–Crippen LogP) is 5.83. The molecule has 7 heteroatoms. The van der Waals surface area contributed by atoms with Crippen LogP contribution in [0.1, 0.15) is 98.8 Å². The highest BCUT2D eigenvalue weighted by Crippen LogP contribution is 2.65. The van der Waals surface area contributed by atoms with Crippen LogP contribution in [-0.2, 0) is 24.3 Å². The van der Waals surface area contributed by atoms with E-state index in [0.717, 1.165) is 43.6 Å². The number of allylic oxidation sites excluding steroid dienone is 2. The third-order valence-electron chi connectivity index (χ3n) is 10.3. The Morgan fingerprint density at radius 3 is 2.53 bits per heavy atom. The minimum atomic E-state index is -3.22. The van der Waals surface area contributed by atoms with Crippen LogP contribution in [0, 0.1) is 40.4 Å². The molecule has 0 radical (unpaired) electrons. The molecule has 2 saturated carbocycles. The Morgan fingerprint density at radius 1 is 1.08 bits per heavy atom. The normalized spacial score (nSPS) is 37.4. The maximum Gasteiger partial charge on any atom is 0.315 e. The van der Waals surface area contributed by atoms with Crippen LogP contribution in [0.2, 0.25) is 0 Å². The minimum absolute atomic E-state index is 0.0319. The van der Waals surface area contributed by atoms with Gasteiger partial charge in [0.2, 0.25) is 10.0 Å². The first-order valence-electron chi connectivity index (χ1n) is 14.4. The van der Waals surface area contributed by atoms with Crippen molar-refractivity contribution < 1.29 is 22.7 Å². The molecule has 1 aliphatic heterocycles. The molecule has 206 valence electrons. The van der Waals surface area contributed by atoms with E-state index in [9.17, 15) is 13.2 Å². The largest absolute Gasteiger partial charge is 0.431 e. The zero-order chi connectivity index (χ0) is 26.3. The summed E-state index contributed by atoms with van der Waals surface area (Å²) in [5, 5.41) is 0. The summed E-state index contributed by atoms with van der Waals surface area (Å²) in [4.78, 5) is 13.4. The van der Waals surface area contributed by atoms with Crippen molar-refractivity contribution in [2.24, 2.45) is 40.4 Å². The summed E-state index contributed by atoms with van der Waals surface area (Å²) in [6, 6.07) is 0. The fraction of sp³-hybridized carbons (Fsp3) is 0.897. The lowest BCUT2D eigenvalue weighted by Gasteiger charge is -2.53. The molecule has 36 heavy (non-hydrogen) atoms. The number of hydrogen-bond donors (Lipinski definition) is 1. The average Bonchev–Trinajstić information content (AvgIpc) is 3.14. The molecule has 4 aliphatic rings. The van der Waals surface area contributed by atoms with Crippen molar-refractivity contribution in [2.75, 3.05) is 19.4 Å². The molecule has 0 aromatic carbocycles. The lowest BCUT2D eigenvalue weighted by molar-refractivity contribution is -0.160. The van der Waals surface area contributed by atoms with Gasteiger partial charge in [0.25, 0.3) is 0 Å². The number of fused-ring (bicyclic) bond motifs is 4. The van der Waals surface area contributed by atoms with Crippen LogP contribution in [0.4, 0.5) is 0 Å². The van der Waals surface area contributed by atoms with Crippen LogP contribution < -0.4 is 4.72 Å². The number of carbonyl (C=O) groups excluding carboxylic acids is 1. The van der Waals surface area contributed by atoms with Gasteiger partial charge in [-0.15, -0.1) is 0 Å². The van der Waals surface area contributed by atoms with Crippen LogP contribution in [-0.4, -0.2) is 39.9 Å². The maximum absolute atomic E-state index is 13.4. The van der Waals surface area contributed by atoms with E-state index < -0.39 is 10.0 Å². The Balaban J connectivity index is 1.44. The van der Waals surface area contributed by atoms with Gasteiger partial charge >= 0.3 is 5.97 Å². The molecule has 2 fully saturated rings. The third kappa shape index (κ3) is 5.58. The zero-order valence-corrected chi connectivity index (χ0v) is 24.2. The Labute approximate surface area is 219 Å². The van der Waals surface area contributed by atoms with Crippen molar-refractivity contribution in [2.45, 2.75) is 105 Å². The molecule has 0 spiro atoms. The number of ether oxygens (including phenoxy) is 2. The SMILES string of the molecule is CC(C)CCC[C@@H](C)[C@H]1CC[C@H]2C3=C(CC[C@]12C)[C@@]1(C)CC[C@H](OCCNS(C)(=O)=O)C[C@@H]1C(=O)O3. The highest BCUT2D eigenvalue weighted by molar-refractivity contribution is 7.88. The van der Waals surface area contributed by atoms with E-state index in [4.69, 9.17) is 9.47 Å². The second-order valence-corrected chi connectivity index (χ2v) is 15.0. The minimum Gasteiger partial charge on any atom is -0.431 e. The second kappa shape index (κ2) is 10.7. The van der Waals surface area contributed by atoms with Gasteiger partial charge < -0.3 is 9.47 Å². The first-order chi connectivity index (χ1) is 16.8. The summed E-state index contributed by atoms with van der Waals surface area (Å²) in [6.45, 7) is 12.4. The molecule has 0 unspecified atom stereocenters.